The van der Waals surface area contributed by atoms with Crippen molar-refractivity contribution in [3.8, 4) is 0 Å². The lowest BCUT2D eigenvalue weighted by atomic mass is 10.2. The molecule has 0 aromatic rings. The van der Waals surface area contributed by atoms with E-state index in [9.17, 15) is 9.59 Å². The molecule has 1 rings (SSSR count). The van der Waals surface area contributed by atoms with E-state index >= 15 is 0 Å². The first kappa shape index (κ1) is 9.94. The molecule has 1 fully saturated rings. The van der Waals surface area contributed by atoms with Gasteiger partial charge in [0, 0.05) is 19.9 Å². The first-order valence-corrected chi connectivity index (χ1v) is 3.76. The van der Waals surface area contributed by atoms with Crippen LogP contribution in [0.25, 0.3) is 0 Å². The normalized spacial score (nSPS) is 16.8. The molecule has 0 bridgehead atoms. The largest absolute Gasteiger partial charge is 0.273 e. The van der Waals surface area contributed by atoms with E-state index < -0.39 is 0 Å². The quantitative estimate of drug-likeness (QED) is 0.551. The molecule has 0 aromatic heterocycles. The summed E-state index contributed by atoms with van der Waals surface area (Å²) in [4.78, 5) is 21.2. The Labute approximate surface area is 66.5 Å². The first-order chi connectivity index (χ1) is 5.20. The van der Waals surface area contributed by atoms with Crippen molar-refractivity contribution < 1.29 is 9.59 Å². The molecule has 0 unspecified atom stereocenters. The molecule has 64 valence electrons. The predicted molar refractivity (Wildman–Crippen MR) is 41.5 cm³/mol. The third-order valence-electron chi connectivity index (χ3n) is 1.23. The Morgan fingerprint density at radius 3 is 2.18 bits per heavy atom. The van der Waals surface area contributed by atoms with Crippen molar-refractivity contribution in [2.24, 2.45) is 0 Å². The summed E-state index contributed by atoms with van der Waals surface area (Å²) in [6.07, 6.45) is 0.658. The first-order valence-electron chi connectivity index (χ1n) is 3.76. The fourth-order valence-corrected chi connectivity index (χ4v) is 0.693. The Hall–Kier alpha value is -1.06. The van der Waals surface area contributed by atoms with Crippen LogP contribution < -0.4 is 5.43 Å². The van der Waals surface area contributed by atoms with Gasteiger partial charge in [-0.15, -0.1) is 0 Å². The molecule has 0 aliphatic carbocycles. The molecule has 1 N–H and O–H groups in total. The number of carbonyl (C=O) groups is 2. The molecular weight excluding hydrogens is 144 g/mol. The summed E-state index contributed by atoms with van der Waals surface area (Å²) in [5.41, 5.74) is 2.37. The summed E-state index contributed by atoms with van der Waals surface area (Å²) < 4.78 is 0. The van der Waals surface area contributed by atoms with Crippen molar-refractivity contribution in [3.05, 3.63) is 0 Å². The highest BCUT2D eigenvalue weighted by molar-refractivity contribution is 5.88. The summed E-state index contributed by atoms with van der Waals surface area (Å²) in [6.45, 7) is 4.00. The molecule has 11 heavy (non-hydrogen) atoms. The van der Waals surface area contributed by atoms with E-state index in [0.29, 0.717) is 12.8 Å². The smallest absolute Gasteiger partial charge is 0.241 e. The second kappa shape index (κ2) is 4.71. The van der Waals surface area contributed by atoms with Crippen LogP contribution in [0.2, 0.25) is 0 Å². The van der Waals surface area contributed by atoms with E-state index in [4.69, 9.17) is 0 Å². The van der Waals surface area contributed by atoms with E-state index in [1.807, 2.05) is 13.8 Å². The van der Waals surface area contributed by atoms with Gasteiger partial charge in [0.25, 0.3) is 0 Å². The van der Waals surface area contributed by atoms with Gasteiger partial charge in [0.1, 0.15) is 0 Å². The molecule has 0 saturated carbocycles. The number of hydrogen-bond acceptors (Lipinski definition) is 2. The zero-order chi connectivity index (χ0) is 8.85. The van der Waals surface area contributed by atoms with E-state index in [2.05, 4.69) is 5.43 Å². The van der Waals surface area contributed by atoms with Gasteiger partial charge < -0.3 is 0 Å². The zero-order valence-electron chi connectivity index (χ0n) is 7.18. The van der Waals surface area contributed by atoms with Crippen molar-refractivity contribution in [3.63, 3.8) is 0 Å². The summed E-state index contributed by atoms with van der Waals surface area (Å²) in [5.74, 6) is -0.119. The monoisotopic (exact) mass is 158 g/mol. The van der Waals surface area contributed by atoms with Gasteiger partial charge in [-0.25, -0.2) is 0 Å². The number of nitrogens with zero attached hydrogens (tertiary/aromatic N) is 1. The second-order valence-electron chi connectivity index (χ2n) is 1.99. The topological polar surface area (TPSA) is 49.4 Å². The molecular formula is C7H14N2O2. The van der Waals surface area contributed by atoms with E-state index in [1.165, 1.54) is 5.01 Å². The fraction of sp³-hybridized carbons (Fsp3) is 0.714. The number of amides is 2. The second-order valence-corrected chi connectivity index (χ2v) is 1.99. The van der Waals surface area contributed by atoms with Crippen LogP contribution in [0.15, 0.2) is 0 Å². The highest BCUT2D eigenvalue weighted by Gasteiger charge is 2.18. The van der Waals surface area contributed by atoms with Gasteiger partial charge in [0.05, 0.1) is 0 Å². The van der Waals surface area contributed by atoms with Crippen LogP contribution >= 0.6 is 0 Å². The minimum atomic E-state index is -0.0860. The number of nitrogens with one attached hydrogen (secondary N) is 1. The van der Waals surface area contributed by atoms with Gasteiger partial charge in [-0.3, -0.25) is 20.0 Å². The average molecular weight is 158 g/mol. The molecule has 1 heterocycles. The molecule has 0 spiro atoms. The molecule has 1 saturated heterocycles. The molecule has 2 amide bonds. The SMILES string of the molecule is CC.CN1NC(=O)CCC1=O. The third-order valence-corrected chi connectivity index (χ3v) is 1.23. The van der Waals surface area contributed by atoms with Crippen LogP contribution in [-0.2, 0) is 9.59 Å². The van der Waals surface area contributed by atoms with Gasteiger partial charge in [-0.2, -0.15) is 0 Å². The van der Waals surface area contributed by atoms with E-state index in [-0.39, 0.29) is 11.8 Å². The van der Waals surface area contributed by atoms with E-state index in [1.54, 1.807) is 7.05 Å². The minimum Gasteiger partial charge on any atom is -0.273 e. The highest BCUT2D eigenvalue weighted by Crippen LogP contribution is 1.99. The molecule has 4 heteroatoms. The van der Waals surface area contributed by atoms with Gasteiger partial charge in [-0.1, -0.05) is 13.8 Å². The van der Waals surface area contributed by atoms with Crippen LogP contribution in [0.5, 0.6) is 0 Å². The lowest BCUT2D eigenvalue weighted by Gasteiger charge is -2.22. The standard InChI is InChI=1S/C5H8N2O2.C2H6/c1-7-5(9)3-2-4(8)6-7;1-2/h2-3H2,1H3,(H,6,8);1-2H3. The zero-order valence-corrected chi connectivity index (χ0v) is 7.18. The number of rotatable bonds is 0. The van der Waals surface area contributed by atoms with Gasteiger partial charge in [0.2, 0.25) is 11.8 Å². The Morgan fingerprint density at radius 2 is 1.82 bits per heavy atom. The summed E-state index contributed by atoms with van der Waals surface area (Å²) in [5, 5.41) is 1.21. The van der Waals surface area contributed by atoms with Crippen molar-refractivity contribution in [1.29, 1.82) is 0 Å². The van der Waals surface area contributed by atoms with Crippen molar-refractivity contribution in [2.75, 3.05) is 7.05 Å². The maximum absolute atomic E-state index is 10.7. The molecule has 0 aromatic carbocycles. The maximum Gasteiger partial charge on any atom is 0.241 e. The Kier molecular flexibility index (Phi) is 4.26. The highest BCUT2D eigenvalue weighted by atomic mass is 16.2. The van der Waals surface area contributed by atoms with Crippen molar-refractivity contribution >= 4 is 11.8 Å². The van der Waals surface area contributed by atoms with Crippen LogP contribution in [0.1, 0.15) is 26.7 Å². The number of carbonyl (C=O) groups excluding carboxylic acids is 2. The number of hydrogen-bond donors (Lipinski definition) is 1. The van der Waals surface area contributed by atoms with Crippen LogP contribution in [0.3, 0.4) is 0 Å². The fourth-order valence-electron chi connectivity index (χ4n) is 0.693. The van der Waals surface area contributed by atoms with Crippen LogP contribution in [-0.4, -0.2) is 23.9 Å². The molecule has 1 aliphatic heterocycles. The van der Waals surface area contributed by atoms with Crippen LogP contribution in [0.4, 0.5) is 0 Å². The molecule has 4 nitrogen and oxygen atoms in total. The molecule has 1 aliphatic rings. The lowest BCUT2D eigenvalue weighted by molar-refractivity contribution is -0.145. The Morgan fingerprint density at radius 1 is 1.27 bits per heavy atom. The van der Waals surface area contributed by atoms with Gasteiger partial charge >= 0.3 is 0 Å². The van der Waals surface area contributed by atoms with Gasteiger partial charge in [-0.05, 0) is 0 Å². The Bertz CT molecular complexity index is 157. The Balaban J connectivity index is 0.000000461. The van der Waals surface area contributed by atoms with Gasteiger partial charge in [0.15, 0.2) is 0 Å². The van der Waals surface area contributed by atoms with Crippen molar-refractivity contribution in [2.45, 2.75) is 26.7 Å². The van der Waals surface area contributed by atoms with E-state index in [0.717, 1.165) is 0 Å². The maximum atomic E-state index is 10.7. The average Bonchev–Trinajstić information content (AvgIpc) is 2.02. The van der Waals surface area contributed by atoms with Crippen molar-refractivity contribution in [1.82, 2.24) is 10.4 Å². The lowest BCUT2D eigenvalue weighted by Crippen LogP contribution is -2.47. The molecule has 0 atom stereocenters. The molecule has 0 radical (unpaired) electrons. The summed E-state index contributed by atoms with van der Waals surface area (Å²) in [7, 11) is 1.54. The minimum absolute atomic E-state index is 0.0328. The van der Waals surface area contributed by atoms with Crippen LogP contribution in [0, 0.1) is 0 Å². The predicted octanol–water partition coefficient (Wildman–Crippen LogP) is 0.296. The number of hydrazine groups is 1. The third kappa shape index (κ3) is 3.02. The summed E-state index contributed by atoms with van der Waals surface area (Å²) in [6, 6.07) is 0. The summed E-state index contributed by atoms with van der Waals surface area (Å²) >= 11 is 0.